The Morgan fingerprint density at radius 3 is 2.61 bits per heavy atom. The molecule has 1 amide bonds. The van der Waals surface area contributed by atoms with Crippen LogP contribution in [0.5, 0.6) is 5.75 Å². The van der Waals surface area contributed by atoms with Gasteiger partial charge in [-0.25, -0.2) is 4.99 Å². The average molecular weight is 420 g/mol. The van der Waals surface area contributed by atoms with Crippen molar-refractivity contribution in [3.05, 3.63) is 77.1 Å². The molecule has 31 heavy (non-hydrogen) atoms. The molecule has 0 atom stereocenters. The normalized spacial score (nSPS) is 11.3. The summed E-state index contributed by atoms with van der Waals surface area (Å²) in [5, 5.41) is 10.6. The molecule has 0 saturated heterocycles. The Labute approximate surface area is 183 Å². The van der Waals surface area contributed by atoms with Gasteiger partial charge in [-0.2, -0.15) is 5.10 Å². The number of guanidine groups is 1. The molecule has 0 unspecified atom stereocenters. The second-order valence-corrected chi connectivity index (χ2v) is 7.26. The van der Waals surface area contributed by atoms with Gasteiger partial charge in [0.1, 0.15) is 5.75 Å². The predicted molar refractivity (Wildman–Crippen MR) is 124 cm³/mol. The van der Waals surface area contributed by atoms with Crippen LogP contribution in [0.3, 0.4) is 0 Å². The average Bonchev–Trinajstić information content (AvgIpc) is 3.12. The summed E-state index contributed by atoms with van der Waals surface area (Å²) in [6.07, 6.45) is 3.02. The van der Waals surface area contributed by atoms with Gasteiger partial charge < -0.3 is 10.1 Å². The number of nitrogens with zero attached hydrogens (tertiary/aromatic N) is 3. The highest BCUT2D eigenvalue weighted by atomic mass is 16.5. The molecular weight excluding hydrogens is 390 g/mol. The highest BCUT2D eigenvalue weighted by Gasteiger charge is 2.13. The fraction of sp³-hybridized carbons (Fsp3) is 0.292. The van der Waals surface area contributed by atoms with Gasteiger partial charge in [0.2, 0.25) is 5.96 Å². The fourth-order valence-corrected chi connectivity index (χ4v) is 3.21. The zero-order valence-corrected chi connectivity index (χ0v) is 18.5. The topological polar surface area (TPSA) is 80.5 Å². The molecule has 0 spiro atoms. The zero-order valence-electron chi connectivity index (χ0n) is 18.5. The van der Waals surface area contributed by atoms with E-state index >= 15 is 0 Å². The summed E-state index contributed by atoms with van der Waals surface area (Å²) in [6.45, 7) is 7.24. The summed E-state index contributed by atoms with van der Waals surface area (Å²) in [4.78, 5) is 17.6. The molecule has 3 rings (SSSR count). The van der Waals surface area contributed by atoms with E-state index in [-0.39, 0.29) is 5.91 Å². The molecule has 0 aliphatic rings. The molecule has 0 bridgehead atoms. The van der Waals surface area contributed by atoms with Gasteiger partial charge in [-0.05, 0) is 44.0 Å². The van der Waals surface area contributed by atoms with Gasteiger partial charge in [0, 0.05) is 23.9 Å². The highest BCUT2D eigenvalue weighted by Crippen LogP contribution is 2.23. The van der Waals surface area contributed by atoms with E-state index in [1.807, 2.05) is 67.2 Å². The van der Waals surface area contributed by atoms with Crippen molar-refractivity contribution in [1.29, 1.82) is 0 Å². The minimum Gasteiger partial charge on any atom is -0.495 e. The lowest BCUT2D eigenvalue weighted by Gasteiger charge is -2.15. The van der Waals surface area contributed by atoms with Gasteiger partial charge in [-0.15, -0.1) is 0 Å². The maximum atomic E-state index is 12.9. The number of aromatic nitrogens is 2. The number of benzene rings is 2. The van der Waals surface area contributed by atoms with E-state index < -0.39 is 0 Å². The van der Waals surface area contributed by atoms with Crippen molar-refractivity contribution in [3.63, 3.8) is 0 Å². The van der Waals surface area contributed by atoms with Crippen LogP contribution in [0, 0.1) is 13.8 Å². The van der Waals surface area contributed by atoms with Crippen LogP contribution in [-0.4, -0.2) is 28.8 Å². The Morgan fingerprint density at radius 1 is 1.13 bits per heavy atom. The van der Waals surface area contributed by atoms with Crippen molar-refractivity contribution >= 4 is 17.6 Å². The fourth-order valence-electron chi connectivity index (χ4n) is 3.21. The standard InChI is InChI=1S/C24H29N5O2/c1-5-14-29-16-19(18(3)28-29)15-25-24(26-21-12-8-9-13-22(21)31-4)27-23(30)20-11-7-6-10-17(20)2/h6-13,16H,5,14-15H2,1-4H3,(H2,25,26,27,30). The first-order chi connectivity index (χ1) is 15.0. The number of carbonyl (C=O) groups is 1. The number of carbonyl (C=O) groups excluding carboxylic acids is 1. The lowest BCUT2D eigenvalue weighted by atomic mass is 10.1. The number of para-hydroxylation sites is 2. The number of methoxy groups -OCH3 is 1. The molecule has 3 aromatic rings. The van der Waals surface area contributed by atoms with E-state index in [1.165, 1.54) is 0 Å². The van der Waals surface area contributed by atoms with E-state index in [4.69, 9.17) is 4.74 Å². The largest absolute Gasteiger partial charge is 0.495 e. The summed E-state index contributed by atoms with van der Waals surface area (Å²) in [5.41, 5.74) is 4.15. The number of nitrogens with one attached hydrogen (secondary N) is 2. The van der Waals surface area contributed by atoms with Crippen LogP contribution in [0.25, 0.3) is 0 Å². The molecular formula is C24H29N5O2. The predicted octanol–water partition coefficient (Wildman–Crippen LogP) is 4.32. The first kappa shape index (κ1) is 22.1. The molecule has 0 aliphatic heterocycles. The first-order valence-electron chi connectivity index (χ1n) is 10.4. The van der Waals surface area contributed by atoms with E-state index in [9.17, 15) is 4.79 Å². The Kier molecular flexibility index (Phi) is 7.43. The smallest absolute Gasteiger partial charge is 0.258 e. The summed E-state index contributed by atoms with van der Waals surface area (Å²) < 4.78 is 7.35. The molecule has 7 nitrogen and oxygen atoms in total. The monoisotopic (exact) mass is 419 g/mol. The maximum Gasteiger partial charge on any atom is 0.258 e. The lowest BCUT2D eigenvalue weighted by Crippen LogP contribution is -2.36. The molecule has 7 heteroatoms. The summed E-state index contributed by atoms with van der Waals surface area (Å²) in [6, 6.07) is 15.0. The number of rotatable bonds is 7. The number of aryl methyl sites for hydroxylation is 3. The molecule has 1 heterocycles. The Morgan fingerprint density at radius 2 is 1.87 bits per heavy atom. The van der Waals surface area contributed by atoms with Crippen molar-refractivity contribution in [2.75, 3.05) is 12.4 Å². The van der Waals surface area contributed by atoms with Crippen LogP contribution in [0.1, 0.15) is 40.5 Å². The second kappa shape index (κ2) is 10.4. The SMILES string of the molecule is CCCn1cc(CN=C(NC(=O)c2ccccc2C)Nc2ccccc2OC)c(C)n1. The lowest BCUT2D eigenvalue weighted by molar-refractivity contribution is 0.0976. The van der Waals surface area contributed by atoms with Gasteiger partial charge in [0.25, 0.3) is 5.91 Å². The van der Waals surface area contributed by atoms with Crippen LogP contribution < -0.4 is 15.4 Å². The third-order valence-corrected chi connectivity index (χ3v) is 4.89. The Balaban J connectivity index is 1.87. The van der Waals surface area contributed by atoms with Crippen LogP contribution >= 0.6 is 0 Å². The number of ether oxygens (including phenoxy) is 1. The van der Waals surface area contributed by atoms with Gasteiger partial charge in [0.15, 0.2) is 0 Å². The second-order valence-electron chi connectivity index (χ2n) is 7.26. The molecule has 0 aliphatic carbocycles. The van der Waals surface area contributed by atoms with Crippen LogP contribution in [0.4, 0.5) is 5.69 Å². The molecule has 0 radical (unpaired) electrons. The van der Waals surface area contributed by atoms with Crippen molar-refractivity contribution in [2.24, 2.45) is 4.99 Å². The van der Waals surface area contributed by atoms with Crippen LogP contribution in [0.15, 0.2) is 59.7 Å². The number of aliphatic imine (C=N–C) groups is 1. The van der Waals surface area contributed by atoms with Crippen molar-refractivity contribution in [2.45, 2.75) is 40.3 Å². The number of hydrogen-bond acceptors (Lipinski definition) is 4. The van der Waals surface area contributed by atoms with Gasteiger partial charge in [-0.1, -0.05) is 37.3 Å². The van der Waals surface area contributed by atoms with Crippen LogP contribution in [-0.2, 0) is 13.1 Å². The number of anilines is 1. The van der Waals surface area contributed by atoms with Gasteiger partial charge in [-0.3, -0.25) is 14.8 Å². The maximum absolute atomic E-state index is 12.9. The first-order valence-corrected chi connectivity index (χ1v) is 10.4. The Hall–Kier alpha value is -3.61. The molecule has 162 valence electrons. The molecule has 0 saturated carbocycles. The molecule has 2 N–H and O–H groups in total. The number of hydrogen-bond donors (Lipinski definition) is 2. The summed E-state index contributed by atoms with van der Waals surface area (Å²) in [7, 11) is 1.61. The quantitative estimate of drug-likeness (QED) is 0.442. The minimum absolute atomic E-state index is 0.224. The zero-order chi connectivity index (χ0) is 22.2. The molecule has 0 fully saturated rings. The van der Waals surface area contributed by atoms with E-state index in [0.717, 1.165) is 29.8 Å². The molecule has 2 aromatic carbocycles. The van der Waals surface area contributed by atoms with Crippen molar-refractivity contribution in [3.8, 4) is 5.75 Å². The third-order valence-electron chi connectivity index (χ3n) is 4.89. The molecule has 1 aromatic heterocycles. The summed E-state index contributed by atoms with van der Waals surface area (Å²) in [5.74, 6) is 0.783. The van der Waals surface area contributed by atoms with Crippen LogP contribution in [0.2, 0.25) is 0 Å². The minimum atomic E-state index is -0.224. The highest BCUT2D eigenvalue weighted by molar-refractivity contribution is 6.10. The van der Waals surface area contributed by atoms with E-state index in [1.54, 1.807) is 13.2 Å². The van der Waals surface area contributed by atoms with Gasteiger partial charge in [0.05, 0.1) is 25.0 Å². The number of amides is 1. The van der Waals surface area contributed by atoms with Crippen molar-refractivity contribution < 1.29 is 9.53 Å². The Bertz CT molecular complexity index is 1070. The van der Waals surface area contributed by atoms with E-state index in [2.05, 4.69) is 27.6 Å². The van der Waals surface area contributed by atoms with Crippen molar-refractivity contribution in [1.82, 2.24) is 15.1 Å². The third kappa shape index (κ3) is 5.72. The van der Waals surface area contributed by atoms with Gasteiger partial charge >= 0.3 is 0 Å². The van der Waals surface area contributed by atoms with E-state index in [0.29, 0.717) is 29.5 Å². The summed E-state index contributed by atoms with van der Waals surface area (Å²) >= 11 is 0.